The number of nitrogens with zero attached hydrogens (tertiary/aromatic N) is 2. The molecule has 1 aliphatic carbocycles. The summed E-state index contributed by atoms with van der Waals surface area (Å²) < 4.78 is 0. The van der Waals surface area contributed by atoms with Gasteiger partial charge in [-0.25, -0.2) is 4.99 Å². The van der Waals surface area contributed by atoms with Crippen LogP contribution in [-0.4, -0.2) is 10.9 Å². The molecular formula is C16H18N4. The number of fused-ring (bicyclic) bond motifs is 1. The van der Waals surface area contributed by atoms with Gasteiger partial charge in [0.25, 0.3) is 0 Å². The van der Waals surface area contributed by atoms with E-state index in [2.05, 4.69) is 33.5 Å². The fourth-order valence-corrected chi connectivity index (χ4v) is 2.51. The van der Waals surface area contributed by atoms with Crippen LogP contribution in [0.2, 0.25) is 0 Å². The van der Waals surface area contributed by atoms with Crippen molar-refractivity contribution in [2.45, 2.75) is 25.8 Å². The van der Waals surface area contributed by atoms with Gasteiger partial charge in [0.1, 0.15) is 0 Å². The number of guanidine groups is 1. The molecule has 0 saturated heterocycles. The molecule has 0 bridgehead atoms. The van der Waals surface area contributed by atoms with Crippen molar-refractivity contribution < 1.29 is 0 Å². The number of rotatable bonds is 3. The third kappa shape index (κ3) is 2.96. The maximum atomic E-state index is 5.92. The van der Waals surface area contributed by atoms with E-state index in [1.54, 1.807) is 12.4 Å². The Morgan fingerprint density at radius 3 is 3.00 bits per heavy atom. The van der Waals surface area contributed by atoms with E-state index in [9.17, 15) is 0 Å². The zero-order chi connectivity index (χ0) is 13.8. The van der Waals surface area contributed by atoms with E-state index in [0.717, 1.165) is 17.7 Å². The Morgan fingerprint density at radius 2 is 2.15 bits per heavy atom. The monoisotopic (exact) mass is 266 g/mol. The molecule has 3 N–H and O–H groups in total. The molecule has 0 fully saturated rings. The van der Waals surface area contributed by atoms with Crippen LogP contribution in [0.1, 0.15) is 23.1 Å². The summed E-state index contributed by atoms with van der Waals surface area (Å²) in [5.74, 6) is 0.437. The Morgan fingerprint density at radius 1 is 1.25 bits per heavy atom. The molecule has 1 aliphatic rings. The van der Waals surface area contributed by atoms with E-state index in [0.29, 0.717) is 12.5 Å². The number of aliphatic imine (C=N–C) groups is 1. The standard InChI is InChI=1S/C16H18N4/c17-16(19-11-12-3-2-8-18-10-12)20-15-7-6-13-4-1-5-14(13)9-15/h2-3,6-10H,1,4-5,11H2,(H3,17,19,20). The van der Waals surface area contributed by atoms with Gasteiger partial charge in [0, 0.05) is 18.1 Å². The van der Waals surface area contributed by atoms with Crippen LogP contribution in [0, 0.1) is 0 Å². The number of hydrogen-bond donors (Lipinski definition) is 2. The lowest BCUT2D eigenvalue weighted by Crippen LogP contribution is -2.22. The first-order valence-electron chi connectivity index (χ1n) is 6.89. The highest BCUT2D eigenvalue weighted by atomic mass is 15.1. The maximum Gasteiger partial charge on any atom is 0.193 e. The first-order valence-corrected chi connectivity index (χ1v) is 6.89. The number of nitrogens with two attached hydrogens (primary N) is 1. The normalized spacial score (nSPS) is 14.1. The van der Waals surface area contributed by atoms with Gasteiger partial charge in [0.05, 0.1) is 6.54 Å². The second kappa shape index (κ2) is 5.74. The predicted octanol–water partition coefficient (Wildman–Crippen LogP) is 2.50. The van der Waals surface area contributed by atoms with Gasteiger partial charge in [-0.15, -0.1) is 0 Å². The van der Waals surface area contributed by atoms with Crippen molar-refractivity contribution in [1.82, 2.24) is 4.98 Å². The average Bonchev–Trinajstić information content (AvgIpc) is 2.94. The van der Waals surface area contributed by atoms with Crippen LogP contribution < -0.4 is 11.1 Å². The zero-order valence-electron chi connectivity index (χ0n) is 11.3. The van der Waals surface area contributed by atoms with Gasteiger partial charge in [-0.2, -0.15) is 0 Å². The quantitative estimate of drug-likeness (QED) is 0.662. The third-order valence-corrected chi connectivity index (χ3v) is 3.53. The second-order valence-electron chi connectivity index (χ2n) is 5.02. The molecule has 3 rings (SSSR count). The Hall–Kier alpha value is -2.36. The summed E-state index contributed by atoms with van der Waals surface area (Å²) in [6.45, 7) is 0.539. The fraction of sp³-hybridized carbons (Fsp3) is 0.250. The summed E-state index contributed by atoms with van der Waals surface area (Å²) in [7, 11) is 0. The highest BCUT2D eigenvalue weighted by Crippen LogP contribution is 2.24. The summed E-state index contributed by atoms with van der Waals surface area (Å²) in [6, 6.07) is 10.3. The molecule has 102 valence electrons. The largest absolute Gasteiger partial charge is 0.370 e. The van der Waals surface area contributed by atoms with Crippen LogP contribution in [0.25, 0.3) is 0 Å². The fourth-order valence-electron chi connectivity index (χ4n) is 2.51. The predicted molar refractivity (Wildman–Crippen MR) is 81.7 cm³/mol. The number of aromatic nitrogens is 1. The topological polar surface area (TPSA) is 63.3 Å². The van der Waals surface area contributed by atoms with Crippen molar-refractivity contribution in [2.75, 3.05) is 5.32 Å². The van der Waals surface area contributed by atoms with Gasteiger partial charge in [0.2, 0.25) is 0 Å². The molecule has 0 atom stereocenters. The maximum absolute atomic E-state index is 5.92. The Kier molecular flexibility index (Phi) is 3.63. The van der Waals surface area contributed by atoms with Crippen LogP contribution in [0.5, 0.6) is 0 Å². The number of nitrogens with one attached hydrogen (secondary N) is 1. The Labute approximate surface area is 118 Å². The van der Waals surface area contributed by atoms with E-state index < -0.39 is 0 Å². The van der Waals surface area contributed by atoms with Crippen molar-refractivity contribution in [2.24, 2.45) is 10.7 Å². The minimum Gasteiger partial charge on any atom is -0.370 e. The van der Waals surface area contributed by atoms with Crippen LogP contribution >= 0.6 is 0 Å². The molecule has 1 heterocycles. The van der Waals surface area contributed by atoms with Crippen LogP contribution in [0.15, 0.2) is 47.7 Å². The smallest absolute Gasteiger partial charge is 0.193 e. The van der Waals surface area contributed by atoms with Gasteiger partial charge in [-0.05, 0) is 54.2 Å². The van der Waals surface area contributed by atoms with Crippen molar-refractivity contribution in [1.29, 1.82) is 0 Å². The molecule has 1 aromatic heterocycles. The lowest BCUT2D eigenvalue weighted by molar-refractivity contribution is 0.912. The first kappa shape index (κ1) is 12.7. The van der Waals surface area contributed by atoms with Crippen LogP contribution in [-0.2, 0) is 19.4 Å². The molecule has 0 unspecified atom stereocenters. The van der Waals surface area contributed by atoms with Gasteiger partial charge in [-0.3, -0.25) is 4.98 Å². The van der Waals surface area contributed by atoms with Gasteiger partial charge < -0.3 is 11.1 Å². The molecule has 4 nitrogen and oxygen atoms in total. The number of aryl methyl sites for hydroxylation is 2. The molecular weight excluding hydrogens is 248 g/mol. The van der Waals surface area contributed by atoms with Gasteiger partial charge in [-0.1, -0.05) is 12.1 Å². The van der Waals surface area contributed by atoms with E-state index in [4.69, 9.17) is 5.73 Å². The molecule has 1 aromatic carbocycles. The first-order chi connectivity index (χ1) is 9.81. The Bertz CT molecular complexity index is 620. The van der Waals surface area contributed by atoms with Crippen LogP contribution in [0.3, 0.4) is 0 Å². The number of pyridine rings is 1. The third-order valence-electron chi connectivity index (χ3n) is 3.53. The Balaban J connectivity index is 1.65. The molecule has 0 saturated carbocycles. The molecule has 0 radical (unpaired) electrons. The summed E-state index contributed by atoms with van der Waals surface area (Å²) in [5.41, 5.74) is 10.9. The summed E-state index contributed by atoms with van der Waals surface area (Å²) in [5, 5.41) is 3.15. The van der Waals surface area contributed by atoms with Crippen molar-refractivity contribution in [3.63, 3.8) is 0 Å². The van der Waals surface area contributed by atoms with E-state index in [1.807, 2.05) is 12.1 Å². The lowest BCUT2D eigenvalue weighted by Gasteiger charge is -2.08. The van der Waals surface area contributed by atoms with Gasteiger partial charge in [0.15, 0.2) is 5.96 Å². The average molecular weight is 266 g/mol. The number of anilines is 1. The van der Waals surface area contributed by atoms with Crippen molar-refractivity contribution in [3.8, 4) is 0 Å². The van der Waals surface area contributed by atoms with Crippen molar-refractivity contribution in [3.05, 3.63) is 59.4 Å². The summed E-state index contributed by atoms with van der Waals surface area (Å²) >= 11 is 0. The summed E-state index contributed by atoms with van der Waals surface area (Å²) in [4.78, 5) is 8.38. The molecule has 2 aromatic rings. The molecule has 4 heteroatoms. The molecule has 20 heavy (non-hydrogen) atoms. The molecule has 0 amide bonds. The SMILES string of the molecule is NC(=NCc1cccnc1)Nc1ccc2c(c1)CCC2. The molecule has 0 spiro atoms. The number of benzene rings is 1. The number of hydrogen-bond acceptors (Lipinski definition) is 2. The zero-order valence-corrected chi connectivity index (χ0v) is 11.3. The van der Waals surface area contributed by atoms with Crippen LogP contribution in [0.4, 0.5) is 5.69 Å². The molecule has 0 aliphatic heterocycles. The highest BCUT2D eigenvalue weighted by molar-refractivity contribution is 5.92. The van der Waals surface area contributed by atoms with E-state index in [-0.39, 0.29) is 0 Å². The lowest BCUT2D eigenvalue weighted by atomic mass is 10.1. The summed E-state index contributed by atoms with van der Waals surface area (Å²) in [6.07, 6.45) is 7.16. The second-order valence-corrected chi connectivity index (χ2v) is 5.02. The minimum absolute atomic E-state index is 0.437. The van der Waals surface area contributed by atoms with Crippen molar-refractivity contribution >= 4 is 11.6 Å². The van der Waals surface area contributed by atoms with E-state index in [1.165, 1.54) is 24.0 Å². The van der Waals surface area contributed by atoms with Gasteiger partial charge >= 0.3 is 0 Å². The minimum atomic E-state index is 0.437. The van der Waals surface area contributed by atoms with E-state index >= 15 is 0 Å². The highest BCUT2D eigenvalue weighted by Gasteiger charge is 2.10.